The maximum absolute atomic E-state index is 13.6. The molecule has 0 unspecified atom stereocenters. The van der Waals surface area contributed by atoms with E-state index < -0.39 is 17.4 Å². The third-order valence-electron chi connectivity index (χ3n) is 2.62. The summed E-state index contributed by atoms with van der Waals surface area (Å²) in [5.41, 5.74) is -0.319. The van der Waals surface area contributed by atoms with E-state index in [2.05, 4.69) is 0 Å². The van der Waals surface area contributed by atoms with Gasteiger partial charge in [0.25, 0.3) is 0 Å². The Morgan fingerprint density at radius 2 is 1.95 bits per heavy atom. The normalized spacial score (nSPS) is 9.90. The molecule has 0 N–H and O–H groups in total. The van der Waals surface area contributed by atoms with Crippen LogP contribution in [0.3, 0.4) is 0 Å². The summed E-state index contributed by atoms with van der Waals surface area (Å²) in [6.45, 7) is 1.21. The van der Waals surface area contributed by atoms with Crippen molar-refractivity contribution in [1.82, 2.24) is 0 Å². The molecule has 0 aliphatic carbocycles. The number of nitrogens with zero attached hydrogens (tertiary/aromatic N) is 1. The van der Waals surface area contributed by atoms with Gasteiger partial charge >= 0.3 is 0 Å². The Morgan fingerprint density at radius 3 is 2.55 bits per heavy atom. The summed E-state index contributed by atoms with van der Waals surface area (Å²) in [5, 5.41) is 8.63. The molecule has 0 fully saturated rings. The third kappa shape index (κ3) is 2.64. The van der Waals surface area contributed by atoms with Crippen LogP contribution in [0, 0.1) is 23.0 Å². The number of carbonyl (C=O) groups is 1. The van der Waals surface area contributed by atoms with Crippen LogP contribution in [0.25, 0.3) is 0 Å². The Labute approximate surface area is 114 Å². The monoisotopic (exact) mass is 273 g/mol. The summed E-state index contributed by atoms with van der Waals surface area (Å²) in [7, 11) is 0. The number of halogens is 2. The summed E-state index contributed by atoms with van der Waals surface area (Å²) in [6, 6.07) is 9.25. The molecular weight excluding hydrogens is 264 g/mol. The standard InChI is InChI=1S/C15H9F2NO2/c1-9(19)15-12(16)3-2-4-14(15)20-11-6-5-10(8-18)13(17)7-11/h2-7H,1H3. The average molecular weight is 273 g/mol. The van der Waals surface area contributed by atoms with Gasteiger partial charge in [-0.3, -0.25) is 4.79 Å². The molecule has 0 aliphatic heterocycles. The van der Waals surface area contributed by atoms with Gasteiger partial charge in [-0.25, -0.2) is 8.78 Å². The summed E-state index contributed by atoms with van der Waals surface area (Å²) in [5.74, 6) is -1.86. The molecule has 0 aromatic heterocycles. The van der Waals surface area contributed by atoms with Crippen LogP contribution in [0.4, 0.5) is 8.78 Å². The van der Waals surface area contributed by atoms with Crippen LogP contribution >= 0.6 is 0 Å². The molecule has 0 amide bonds. The lowest BCUT2D eigenvalue weighted by Crippen LogP contribution is -2.01. The predicted octanol–water partition coefficient (Wildman–Crippen LogP) is 3.83. The van der Waals surface area contributed by atoms with E-state index in [-0.39, 0.29) is 22.6 Å². The molecule has 0 aliphatic rings. The van der Waals surface area contributed by atoms with Gasteiger partial charge in [0.2, 0.25) is 0 Å². The number of rotatable bonds is 3. The van der Waals surface area contributed by atoms with E-state index in [0.717, 1.165) is 12.1 Å². The molecular formula is C15H9F2NO2. The van der Waals surface area contributed by atoms with Gasteiger partial charge in [0.1, 0.15) is 29.2 Å². The minimum Gasteiger partial charge on any atom is -0.456 e. The number of benzene rings is 2. The number of ether oxygens (including phenoxy) is 1. The summed E-state index contributed by atoms with van der Waals surface area (Å²) in [4.78, 5) is 11.4. The fraction of sp³-hybridized carbons (Fsp3) is 0.0667. The third-order valence-corrected chi connectivity index (χ3v) is 2.62. The molecule has 2 aromatic carbocycles. The highest BCUT2D eigenvalue weighted by atomic mass is 19.1. The highest BCUT2D eigenvalue weighted by Gasteiger charge is 2.15. The first-order chi connectivity index (χ1) is 9.52. The number of nitriles is 1. The molecule has 5 heteroatoms. The molecule has 0 heterocycles. The maximum atomic E-state index is 13.6. The van der Waals surface area contributed by atoms with Gasteiger partial charge in [-0.1, -0.05) is 6.07 Å². The van der Waals surface area contributed by atoms with E-state index in [9.17, 15) is 13.6 Å². The lowest BCUT2D eigenvalue weighted by molar-refractivity contribution is 0.101. The van der Waals surface area contributed by atoms with Crippen LogP contribution in [0.1, 0.15) is 22.8 Å². The van der Waals surface area contributed by atoms with Crippen molar-refractivity contribution in [3.8, 4) is 17.6 Å². The van der Waals surface area contributed by atoms with Crippen molar-refractivity contribution < 1.29 is 18.3 Å². The van der Waals surface area contributed by atoms with E-state index in [0.29, 0.717) is 0 Å². The van der Waals surface area contributed by atoms with Crippen molar-refractivity contribution in [3.05, 3.63) is 59.2 Å². The minimum atomic E-state index is -0.745. The lowest BCUT2D eigenvalue weighted by Gasteiger charge is -2.10. The summed E-state index contributed by atoms with van der Waals surface area (Å²) >= 11 is 0. The first kappa shape index (κ1) is 13.7. The van der Waals surface area contributed by atoms with Crippen molar-refractivity contribution in [2.45, 2.75) is 6.92 Å². The van der Waals surface area contributed by atoms with Gasteiger partial charge in [-0.05, 0) is 31.2 Å². The second kappa shape index (κ2) is 5.49. The Kier molecular flexibility index (Phi) is 3.76. The van der Waals surface area contributed by atoms with Gasteiger partial charge in [0.05, 0.1) is 11.1 Å². The van der Waals surface area contributed by atoms with E-state index in [1.54, 1.807) is 6.07 Å². The Balaban J connectivity index is 2.41. The predicted molar refractivity (Wildman–Crippen MR) is 67.6 cm³/mol. The zero-order valence-corrected chi connectivity index (χ0v) is 10.5. The van der Waals surface area contributed by atoms with Gasteiger partial charge in [-0.15, -0.1) is 0 Å². The zero-order chi connectivity index (χ0) is 14.7. The average Bonchev–Trinajstić information content (AvgIpc) is 2.38. The zero-order valence-electron chi connectivity index (χ0n) is 10.5. The number of hydrogen-bond donors (Lipinski definition) is 0. The fourth-order valence-corrected chi connectivity index (χ4v) is 1.71. The first-order valence-electron chi connectivity index (χ1n) is 5.70. The van der Waals surface area contributed by atoms with Crippen molar-refractivity contribution in [3.63, 3.8) is 0 Å². The summed E-state index contributed by atoms with van der Waals surface area (Å²) in [6.07, 6.45) is 0. The Bertz CT molecular complexity index is 720. The van der Waals surface area contributed by atoms with Gasteiger partial charge in [0, 0.05) is 6.07 Å². The molecule has 0 saturated carbocycles. The second-order valence-corrected chi connectivity index (χ2v) is 4.02. The van der Waals surface area contributed by atoms with E-state index >= 15 is 0 Å². The quantitative estimate of drug-likeness (QED) is 0.798. The second-order valence-electron chi connectivity index (χ2n) is 4.02. The van der Waals surface area contributed by atoms with E-state index in [1.807, 2.05) is 0 Å². The number of hydrogen-bond acceptors (Lipinski definition) is 3. The molecule has 3 nitrogen and oxygen atoms in total. The molecule has 0 saturated heterocycles. The summed E-state index contributed by atoms with van der Waals surface area (Å²) < 4.78 is 32.4. The topological polar surface area (TPSA) is 50.1 Å². The smallest absolute Gasteiger partial charge is 0.166 e. The fourth-order valence-electron chi connectivity index (χ4n) is 1.71. The van der Waals surface area contributed by atoms with Crippen LogP contribution in [-0.4, -0.2) is 5.78 Å². The van der Waals surface area contributed by atoms with Crippen molar-refractivity contribution in [1.29, 1.82) is 5.26 Å². The van der Waals surface area contributed by atoms with Gasteiger partial charge < -0.3 is 4.74 Å². The van der Waals surface area contributed by atoms with Crippen LogP contribution in [0.5, 0.6) is 11.5 Å². The number of carbonyl (C=O) groups excluding carboxylic acids is 1. The molecule has 0 radical (unpaired) electrons. The SMILES string of the molecule is CC(=O)c1c(F)cccc1Oc1ccc(C#N)c(F)c1. The van der Waals surface area contributed by atoms with Crippen molar-refractivity contribution >= 4 is 5.78 Å². The largest absolute Gasteiger partial charge is 0.456 e. The first-order valence-corrected chi connectivity index (χ1v) is 5.70. The van der Waals surface area contributed by atoms with Gasteiger partial charge in [0.15, 0.2) is 5.78 Å². The molecule has 20 heavy (non-hydrogen) atoms. The van der Waals surface area contributed by atoms with Crippen LogP contribution in [0.15, 0.2) is 36.4 Å². The molecule has 2 aromatic rings. The lowest BCUT2D eigenvalue weighted by atomic mass is 10.1. The Morgan fingerprint density at radius 1 is 1.20 bits per heavy atom. The van der Waals surface area contributed by atoms with E-state index in [1.165, 1.54) is 31.2 Å². The van der Waals surface area contributed by atoms with Crippen molar-refractivity contribution in [2.75, 3.05) is 0 Å². The molecule has 0 atom stereocenters. The van der Waals surface area contributed by atoms with E-state index in [4.69, 9.17) is 10.00 Å². The Hall–Kier alpha value is -2.74. The van der Waals surface area contributed by atoms with Crippen LogP contribution in [0.2, 0.25) is 0 Å². The number of Topliss-reactive ketones (excluding diaryl/α,β-unsaturated/α-hetero) is 1. The maximum Gasteiger partial charge on any atom is 0.166 e. The molecule has 2 rings (SSSR count). The van der Waals surface area contributed by atoms with Gasteiger partial charge in [-0.2, -0.15) is 5.26 Å². The van der Waals surface area contributed by atoms with Crippen LogP contribution < -0.4 is 4.74 Å². The van der Waals surface area contributed by atoms with Crippen LogP contribution in [-0.2, 0) is 0 Å². The molecule has 100 valence electrons. The highest BCUT2D eigenvalue weighted by Crippen LogP contribution is 2.28. The minimum absolute atomic E-state index is 0.00149. The van der Waals surface area contributed by atoms with Crippen molar-refractivity contribution in [2.24, 2.45) is 0 Å². The molecule has 0 bridgehead atoms. The molecule has 0 spiro atoms. The number of ketones is 1. The highest BCUT2D eigenvalue weighted by molar-refractivity contribution is 5.97.